The lowest BCUT2D eigenvalue weighted by Crippen LogP contribution is -2.61. The molecule has 0 aliphatic rings. The summed E-state index contributed by atoms with van der Waals surface area (Å²) < 4.78 is 14.6. The van der Waals surface area contributed by atoms with E-state index in [1.807, 2.05) is 6.92 Å². The molecule has 0 fully saturated rings. The van der Waals surface area contributed by atoms with Gasteiger partial charge in [0.05, 0.1) is 0 Å². The van der Waals surface area contributed by atoms with Crippen LogP contribution in [0.3, 0.4) is 0 Å². The molecule has 0 bridgehead atoms. The summed E-state index contributed by atoms with van der Waals surface area (Å²) in [5.41, 5.74) is 0. The third-order valence-electron chi connectivity index (χ3n) is 1.43. The number of carbonyl (C=O) groups is 3. The van der Waals surface area contributed by atoms with Gasteiger partial charge in [0, 0.05) is 20.8 Å². The van der Waals surface area contributed by atoms with E-state index in [1.165, 1.54) is 0 Å². The molecule has 0 aromatic carbocycles. The molecule has 0 rings (SSSR count). The fraction of sp³-hybridized carbons (Fsp3) is 0.667. The molecule has 0 heterocycles. The van der Waals surface area contributed by atoms with Crippen LogP contribution in [0.15, 0.2) is 0 Å². The van der Waals surface area contributed by atoms with Crippen LogP contribution in [-0.2, 0) is 27.7 Å². The first-order valence-corrected chi connectivity index (χ1v) is 6.87. The summed E-state index contributed by atoms with van der Waals surface area (Å²) in [7, 11) is -3.80. The predicted molar refractivity (Wildman–Crippen MR) is 59.3 cm³/mol. The Morgan fingerprint density at radius 1 is 0.941 bits per heavy atom. The van der Waals surface area contributed by atoms with E-state index in [-0.39, 0.29) is 0 Å². The number of hydrogen-bond acceptors (Lipinski definition) is 7. The average Bonchev–Trinajstić information content (AvgIpc) is 2.11. The predicted octanol–water partition coefficient (Wildman–Crippen LogP) is 0.111. The molecule has 1 N–H and O–H groups in total. The number of rotatable bonds is 6. The van der Waals surface area contributed by atoms with Gasteiger partial charge in [-0.2, -0.15) is 0 Å². The SMILES string of the molecule is CCCN[Si](OC(C)=O)(OC(C)=O)OC(C)=O. The maximum atomic E-state index is 11.0. The Hall–Kier alpha value is -1.41. The number of hydrogen-bond donors (Lipinski definition) is 1. The van der Waals surface area contributed by atoms with Gasteiger partial charge in [0.15, 0.2) is 0 Å². The molecule has 0 saturated carbocycles. The summed E-state index contributed by atoms with van der Waals surface area (Å²) in [4.78, 5) is 35.6. The second-order valence-corrected chi connectivity index (χ2v) is 5.34. The van der Waals surface area contributed by atoms with Crippen molar-refractivity contribution < 1.29 is 27.7 Å². The van der Waals surface area contributed by atoms with E-state index in [9.17, 15) is 14.4 Å². The average molecular weight is 263 g/mol. The van der Waals surface area contributed by atoms with E-state index in [0.29, 0.717) is 13.0 Å². The highest BCUT2D eigenvalue weighted by atomic mass is 28.4. The van der Waals surface area contributed by atoms with Gasteiger partial charge in [-0.05, 0) is 13.0 Å². The first-order valence-electron chi connectivity index (χ1n) is 5.15. The molecular weight excluding hydrogens is 246 g/mol. The third kappa shape index (κ3) is 6.69. The van der Waals surface area contributed by atoms with Crippen LogP contribution in [0.1, 0.15) is 34.1 Å². The summed E-state index contributed by atoms with van der Waals surface area (Å²) in [6, 6.07) is 0. The van der Waals surface area contributed by atoms with Crippen molar-refractivity contribution in [1.29, 1.82) is 0 Å². The van der Waals surface area contributed by atoms with Gasteiger partial charge >= 0.3 is 8.97 Å². The Morgan fingerprint density at radius 2 is 1.29 bits per heavy atom. The lowest BCUT2D eigenvalue weighted by atomic mass is 10.5. The summed E-state index contributed by atoms with van der Waals surface area (Å²) in [6.07, 6.45) is 0.693. The number of carbonyl (C=O) groups excluding carboxylic acids is 3. The fourth-order valence-corrected chi connectivity index (χ4v) is 3.05. The van der Waals surface area contributed by atoms with Crippen LogP contribution >= 0.6 is 0 Å². The summed E-state index contributed by atoms with van der Waals surface area (Å²) >= 11 is 0. The molecule has 0 radical (unpaired) electrons. The normalized spacial score (nSPS) is 10.6. The minimum Gasteiger partial charge on any atom is -0.443 e. The van der Waals surface area contributed by atoms with E-state index in [2.05, 4.69) is 4.98 Å². The Morgan fingerprint density at radius 3 is 1.53 bits per heavy atom. The van der Waals surface area contributed by atoms with Crippen LogP contribution in [0, 0.1) is 0 Å². The van der Waals surface area contributed by atoms with Crippen molar-refractivity contribution >= 4 is 26.9 Å². The monoisotopic (exact) mass is 263 g/mol. The summed E-state index contributed by atoms with van der Waals surface area (Å²) in [5.74, 6) is -2.08. The quantitative estimate of drug-likeness (QED) is 0.680. The molecule has 0 aliphatic carbocycles. The van der Waals surface area contributed by atoms with Crippen molar-refractivity contribution in [3.63, 3.8) is 0 Å². The van der Waals surface area contributed by atoms with E-state index < -0.39 is 26.9 Å². The van der Waals surface area contributed by atoms with Crippen molar-refractivity contribution in [2.45, 2.75) is 34.1 Å². The lowest BCUT2D eigenvalue weighted by Gasteiger charge is -2.25. The van der Waals surface area contributed by atoms with E-state index in [0.717, 1.165) is 20.8 Å². The van der Waals surface area contributed by atoms with Crippen molar-refractivity contribution in [2.24, 2.45) is 0 Å². The molecule has 0 aliphatic heterocycles. The Kier molecular flexibility index (Phi) is 6.44. The zero-order chi connectivity index (χ0) is 13.5. The molecule has 7 nitrogen and oxygen atoms in total. The zero-order valence-corrected chi connectivity index (χ0v) is 11.4. The lowest BCUT2D eigenvalue weighted by molar-refractivity contribution is -0.148. The van der Waals surface area contributed by atoms with Crippen molar-refractivity contribution in [1.82, 2.24) is 4.98 Å². The highest BCUT2D eigenvalue weighted by Gasteiger charge is 2.53. The van der Waals surface area contributed by atoms with Gasteiger partial charge in [-0.15, -0.1) is 0 Å². The van der Waals surface area contributed by atoms with Gasteiger partial charge in [0.2, 0.25) is 0 Å². The van der Waals surface area contributed by atoms with Crippen LogP contribution in [0.2, 0.25) is 0 Å². The highest BCUT2D eigenvalue weighted by molar-refractivity contribution is 6.63. The van der Waals surface area contributed by atoms with E-state index >= 15 is 0 Å². The van der Waals surface area contributed by atoms with Gasteiger partial charge < -0.3 is 13.3 Å². The van der Waals surface area contributed by atoms with Crippen molar-refractivity contribution in [3.05, 3.63) is 0 Å². The fourth-order valence-electron chi connectivity index (χ4n) is 1.02. The molecule has 0 unspecified atom stereocenters. The van der Waals surface area contributed by atoms with Gasteiger partial charge in [-0.1, -0.05) is 6.92 Å². The molecule has 0 aromatic rings. The number of nitrogens with one attached hydrogen (secondary N) is 1. The maximum Gasteiger partial charge on any atom is 0.809 e. The van der Waals surface area contributed by atoms with Crippen LogP contribution < -0.4 is 4.98 Å². The summed E-state index contributed by atoms with van der Waals surface area (Å²) in [5, 5.41) is 0. The molecular formula is C9H17NO6Si. The molecule has 0 saturated heterocycles. The molecule has 0 atom stereocenters. The molecule has 98 valence electrons. The van der Waals surface area contributed by atoms with E-state index in [4.69, 9.17) is 13.3 Å². The topological polar surface area (TPSA) is 90.9 Å². The first-order chi connectivity index (χ1) is 7.81. The molecule has 8 heteroatoms. The van der Waals surface area contributed by atoms with Gasteiger partial charge in [0.1, 0.15) is 0 Å². The standard InChI is InChI=1S/C9H17NO6Si/c1-5-6-10-17(14-7(2)11,15-8(3)12)16-9(4)13/h10H,5-6H2,1-4H3. The second kappa shape index (κ2) is 7.02. The molecule has 0 amide bonds. The minimum absolute atomic E-state index is 0.389. The largest absolute Gasteiger partial charge is 0.809 e. The zero-order valence-electron chi connectivity index (χ0n) is 10.4. The van der Waals surface area contributed by atoms with Crippen LogP contribution in [0.25, 0.3) is 0 Å². The molecule has 17 heavy (non-hydrogen) atoms. The van der Waals surface area contributed by atoms with Crippen molar-refractivity contribution in [3.8, 4) is 0 Å². The van der Waals surface area contributed by atoms with Gasteiger partial charge in [0.25, 0.3) is 17.9 Å². The Labute approximate surface area is 101 Å². The Balaban J connectivity index is 4.95. The van der Waals surface area contributed by atoms with Crippen LogP contribution in [-0.4, -0.2) is 33.4 Å². The van der Waals surface area contributed by atoms with E-state index in [1.54, 1.807) is 0 Å². The third-order valence-corrected chi connectivity index (χ3v) is 3.78. The molecule has 0 aromatic heterocycles. The minimum atomic E-state index is -3.80. The van der Waals surface area contributed by atoms with Gasteiger partial charge in [-0.3, -0.25) is 14.4 Å². The van der Waals surface area contributed by atoms with Crippen molar-refractivity contribution in [2.75, 3.05) is 6.54 Å². The maximum absolute atomic E-state index is 11.0. The summed E-state index contributed by atoms with van der Waals surface area (Å²) in [6.45, 7) is 5.68. The smallest absolute Gasteiger partial charge is 0.443 e. The van der Waals surface area contributed by atoms with Gasteiger partial charge in [-0.25, -0.2) is 4.98 Å². The Bertz CT molecular complexity index is 265. The van der Waals surface area contributed by atoms with Crippen LogP contribution in [0.4, 0.5) is 0 Å². The second-order valence-electron chi connectivity index (χ2n) is 3.26. The van der Waals surface area contributed by atoms with Crippen LogP contribution in [0.5, 0.6) is 0 Å². The highest BCUT2D eigenvalue weighted by Crippen LogP contribution is 2.08. The first kappa shape index (κ1) is 15.6. The molecule has 0 spiro atoms.